The van der Waals surface area contributed by atoms with E-state index in [-0.39, 0.29) is 5.91 Å². The molecular weight excluding hydrogens is 298 g/mol. The molecule has 0 N–H and O–H groups in total. The molecule has 0 aliphatic carbocycles. The van der Waals surface area contributed by atoms with Crippen molar-refractivity contribution < 1.29 is 4.79 Å². The average Bonchev–Trinajstić information content (AvgIpc) is 2.71. The van der Waals surface area contributed by atoms with E-state index in [1.165, 1.54) is 0 Å². The number of hydrogen-bond donors (Lipinski definition) is 0. The molecule has 0 saturated heterocycles. The lowest BCUT2D eigenvalue weighted by Crippen LogP contribution is -1.97. The van der Waals surface area contributed by atoms with Crippen LogP contribution in [0, 0.1) is 0 Å². The Bertz CT molecular complexity index is 491. The van der Waals surface area contributed by atoms with Gasteiger partial charge in [0.2, 0.25) is 5.17 Å². The predicted octanol–water partition coefficient (Wildman–Crippen LogP) is 3.06. The van der Waals surface area contributed by atoms with Crippen molar-refractivity contribution in [2.75, 3.05) is 0 Å². The molecule has 76 valence electrons. The predicted molar refractivity (Wildman–Crippen MR) is 65.7 cm³/mol. The zero-order valence-corrected chi connectivity index (χ0v) is 10.5. The van der Waals surface area contributed by atoms with Crippen molar-refractivity contribution in [2.45, 2.75) is 0 Å². The van der Waals surface area contributed by atoms with Gasteiger partial charge in [0.1, 0.15) is 0 Å². The van der Waals surface area contributed by atoms with Crippen LogP contribution in [0.3, 0.4) is 0 Å². The van der Waals surface area contributed by atoms with E-state index >= 15 is 0 Å². The molecule has 1 amide bonds. The third-order valence-electron chi connectivity index (χ3n) is 1.56. The Labute approximate surface area is 102 Å². The lowest BCUT2D eigenvalue weighted by molar-refractivity contribution is 0.100. The average molecular weight is 302 g/mol. The normalized spacial score (nSPS) is 16.7. The van der Waals surface area contributed by atoms with E-state index in [1.807, 2.05) is 0 Å². The number of carbonyl (C=O) groups is 1. The molecule has 0 bridgehead atoms. The number of benzene rings is 1. The molecule has 0 saturated carbocycles. The highest BCUT2D eigenvalue weighted by atomic mass is 79.9. The first-order valence-corrected chi connectivity index (χ1v) is 6.18. The molecule has 2 rings (SSSR count). The van der Waals surface area contributed by atoms with Gasteiger partial charge in [-0.25, -0.2) is 0 Å². The molecule has 15 heavy (non-hydrogen) atoms. The zero-order chi connectivity index (χ0) is 10.7. The van der Waals surface area contributed by atoms with Gasteiger partial charge in [0.15, 0.2) is 0 Å². The fourth-order valence-corrected chi connectivity index (χ4v) is 2.17. The van der Waals surface area contributed by atoms with Gasteiger partial charge in [-0.2, -0.15) is 4.99 Å². The molecule has 0 spiro atoms. The van der Waals surface area contributed by atoms with Crippen molar-refractivity contribution in [3.63, 3.8) is 0 Å². The molecule has 4 nitrogen and oxygen atoms in total. The summed E-state index contributed by atoms with van der Waals surface area (Å²) in [5.41, 5.74) is 0.540. The minimum absolute atomic E-state index is 0.300. The molecule has 1 aliphatic rings. The first kappa shape index (κ1) is 10.7. The van der Waals surface area contributed by atoms with Gasteiger partial charge in [0.05, 0.1) is 23.3 Å². The fourth-order valence-electron chi connectivity index (χ4n) is 0.903. The van der Waals surface area contributed by atoms with Crippen LogP contribution in [0.15, 0.2) is 41.9 Å². The lowest BCUT2D eigenvalue weighted by atomic mass is 10.2. The van der Waals surface area contributed by atoms with E-state index in [2.05, 4.69) is 29.1 Å². The van der Waals surface area contributed by atoms with Crippen molar-refractivity contribution in [1.82, 2.24) is 0 Å². The summed E-state index contributed by atoms with van der Waals surface area (Å²) < 4.78 is 8.58. The van der Waals surface area contributed by atoms with Gasteiger partial charge < -0.3 is 0 Å². The van der Waals surface area contributed by atoms with E-state index in [0.29, 0.717) is 10.7 Å². The molecule has 1 heterocycles. The van der Waals surface area contributed by atoms with Crippen LogP contribution in [-0.4, -0.2) is 11.1 Å². The van der Waals surface area contributed by atoms with Crippen LogP contribution in [0.25, 0.3) is 0 Å². The Morgan fingerprint density at radius 2 is 2.07 bits per heavy atom. The number of hydrogen-bond acceptors (Lipinski definition) is 3. The van der Waals surface area contributed by atoms with Crippen LogP contribution in [0.5, 0.6) is 0 Å². The maximum atomic E-state index is 11.6. The lowest BCUT2D eigenvalue weighted by Gasteiger charge is -1.95. The first-order valence-electron chi connectivity index (χ1n) is 3.89. The van der Waals surface area contributed by atoms with Crippen LogP contribution in [0.1, 0.15) is 10.4 Å². The largest absolute Gasteiger partial charge is 0.279 e. The number of nitrogens with zero attached hydrogens (tertiary/aromatic N) is 3. The van der Waals surface area contributed by atoms with E-state index in [4.69, 9.17) is 0 Å². The summed E-state index contributed by atoms with van der Waals surface area (Å²) >= 11 is 5.45. The van der Waals surface area contributed by atoms with Crippen molar-refractivity contribution in [1.29, 1.82) is 0 Å². The van der Waals surface area contributed by atoms with Crippen molar-refractivity contribution >= 4 is 50.3 Å². The summed E-state index contributed by atoms with van der Waals surface area (Å²) in [6.07, 6.45) is 0. The van der Waals surface area contributed by atoms with Gasteiger partial charge in [-0.05, 0) is 24.3 Å². The Kier molecular flexibility index (Phi) is 3.45. The molecule has 0 fully saturated rings. The number of rotatable bonds is 1. The van der Waals surface area contributed by atoms with Crippen LogP contribution in [0.4, 0.5) is 0 Å². The van der Waals surface area contributed by atoms with E-state index in [1.54, 1.807) is 24.3 Å². The van der Waals surface area contributed by atoms with E-state index in [9.17, 15) is 4.79 Å². The standard InChI is InChI=1S/C8H4BrN3OS2/c9-6-3-1-5(2-4-6)7(13)10-8-11-15-12-14-8/h1-4H. The van der Waals surface area contributed by atoms with Gasteiger partial charge >= 0.3 is 0 Å². The van der Waals surface area contributed by atoms with Crippen molar-refractivity contribution in [3.8, 4) is 0 Å². The first-order chi connectivity index (χ1) is 7.25. The summed E-state index contributed by atoms with van der Waals surface area (Å²) in [5.74, 6) is -0.300. The van der Waals surface area contributed by atoms with Crippen molar-refractivity contribution in [3.05, 3.63) is 34.3 Å². The zero-order valence-electron chi connectivity index (χ0n) is 7.25. The van der Waals surface area contributed by atoms with Gasteiger partial charge in [-0.15, -0.1) is 8.13 Å². The van der Waals surface area contributed by atoms with E-state index in [0.717, 1.165) is 27.8 Å². The number of amidine groups is 1. The van der Waals surface area contributed by atoms with Crippen LogP contribution in [-0.2, 0) is 11.4 Å². The molecule has 0 radical (unpaired) electrons. The minimum Gasteiger partial charge on any atom is -0.267 e. The molecule has 7 heteroatoms. The van der Waals surface area contributed by atoms with Crippen LogP contribution in [0.2, 0.25) is 0 Å². The molecule has 1 aromatic rings. The summed E-state index contributed by atoms with van der Waals surface area (Å²) in [4.78, 5) is 15.4. The van der Waals surface area contributed by atoms with Gasteiger partial charge in [0, 0.05) is 10.0 Å². The van der Waals surface area contributed by atoms with Crippen LogP contribution >= 0.6 is 27.9 Å². The fraction of sp³-hybridized carbons (Fsp3) is 0. The Balaban J connectivity index is 2.18. The minimum atomic E-state index is -0.300. The SMILES string of the molecule is O=C(N=C1N=S=NS1)c1ccc(Br)cc1. The number of carbonyl (C=O) groups excluding carboxylic acids is 1. The Hall–Kier alpha value is -0.790. The highest BCUT2D eigenvalue weighted by molar-refractivity contribution is 9.10. The second-order valence-electron chi connectivity index (χ2n) is 2.55. The molecule has 0 aromatic heterocycles. The van der Waals surface area contributed by atoms with Crippen molar-refractivity contribution in [2.24, 2.45) is 13.1 Å². The number of halogens is 1. The maximum Gasteiger partial charge on any atom is 0.279 e. The summed E-state index contributed by atoms with van der Waals surface area (Å²) in [6, 6.07) is 7.01. The van der Waals surface area contributed by atoms with Gasteiger partial charge in [-0.1, -0.05) is 15.9 Å². The van der Waals surface area contributed by atoms with Gasteiger partial charge in [-0.3, -0.25) is 4.79 Å². The molecule has 0 unspecified atom stereocenters. The highest BCUT2D eigenvalue weighted by Crippen LogP contribution is 2.15. The molecule has 0 atom stereocenters. The second kappa shape index (κ2) is 4.82. The monoisotopic (exact) mass is 301 g/mol. The Morgan fingerprint density at radius 1 is 1.33 bits per heavy atom. The molecule has 1 aliphatic heterocycles. The smallest absolute Gasteiger partial charge is 0.267 e. The van der Waals surface area contributed by atoms with E-state index < -0.39 is 0 Å². The van der Waals surface area contributed by atoms with Gasteiger partial charge in [0.25, 0.3) is 5.91 Å². The molecule has 1 aromatic carbocycles. The maximum absolute atomic E-state index is 11.6. The molecular formula is C8H4BrN3OS2. The quantitative estimate of drug-likeness (QED) is 0.749. The summed E-state index contributed by atoms with van der Waals surface area (Å²) in [5, 5.41) is 0.396. The highest BCUT2D eigenvalue weighted by Gasteiger charge is 2.08. The summed E-state index contributed by atoms with van der Waals surface area (Å²) in [6.45, 7) is 0. The second-order valence-corrected chi connectivity index (χ2v) is 4.95. The number of amides is 1. The third kappa shape index (κ3) is 2.83. The Morgan fingerprint density at radius 3 is 2.67 bits per heavy atom. The third-order valence-corrected chi connectivity index (χ3v) is 3.37. The number of aliphatic imine (C=N–C) groups is 1. The summed E-state index contributed by atoms with van der Waals surface area (Å²) in [7, 11) is 0. The van der Waals surface area contributed by atoms with Crippen LogP contribution < -0.4 is 0 Å². The topological polar surface area (TPSA) is 54.1 Å².